The highest BCUT2D eigenvalue weighted by molar-refractivity contribution is 5.66. The van der Waals surface area contributed by atoms with Crippen molar-refractivity contribution in [2.75, 3.05) is 33.5 Å². The Morgan fingerprint density at radius 3 is 1.11 bits per heavy atom. The molecule has 0 saturated heterocycles. The largest absolute Gasteiger partial charge is 0.447 e. The van der Waals surface area contributed by atoms with Crippen molar-refractivity contribution in [2.24, 2.45) is 0 Å². The molecule has 1 unspecified atom stereocenters. The lowest BCUT2D eigenvalue weighted by Crippen LogP contribution is -2.30. The Morgan fingerprint density at radius 2 is 0.773 bits per heavy atom. The third kappa shape index (κ3) is 35.7. The highest BCUT2D eigenvalue weighted by Gasteiger charge is 2.12. The van der Waals surface area contributed by atoms with Crippen LogP contribution in [-0.2, 0) is 14.2 Å². The fourth-order valence-corrected chi connectivity index (χ4v) is 5.90. The monoisotopic (exact) mass is 626 g/mol. The van der Waals surface area contributed by atoms with Gasteiger partial charge in [0.2, 0.25) is 0 Å². The highest BCUT2D eigenvalue weighted by atomic mass is 16.6. The molecule has 5 heteroatoms. The van der Waals surface area contributed by atoms with Gasteiger partial charge in [-0.2, -0.15) is 0 Å². The summed E-state index contributed by atoms with van der Waals surface area (Å²) in [6.07, 6.45) is 40.3. The van der Waals surface area contributed by atoms with Crippen molar-refractivity contribution in [2.45, 2.75) is 213 Å². The van der Waals surface area contributed by atoms with E-state index in [0.29, 0.717) is 13.2 Å². The molecule has 0 fully saturated rings. The second kappa shape index (κ2) is 38.4. The van der Waals surface area contributed by atoms with Gasteiger partial charge >= 0.3 is 6.09 Å². The van der Waals surface area contributed by atoms with Crippen LogP contribution in [0.15, 0.2) is 0 Å². The predicted octanol–water partition coefficient (Wildman–Crippen LogP) is 12.5. The molecule has 0 aromatic heterocycles. The van der Waals surface area contributed by atoms with E-state index < -0.39 is 6.09 Å². The van der Waals surface area contributed by atoms with Crippen molar-refractivity contribution >= 4 is 6.09 Å². The van der Waals surface area contributed by atoms with Crippen LogP contribution in [0.5, 0.6) is 0 Å². The molecule has 1 atom stereocenters. The third-order valence-corrected chi connectivity index (χ3v) is 8.90. The van der Waals surface area contributed by atoms with E-state index in [1.54, 1.807) is 7.05 Å². The van der Waals surface area contributed by atoms with Crippen LogP contribution >= 0.6 is 0 Å². The zero-order valence-electron chi connectivity index (χ0n) is 30.3. The molecule has 264 valence electrons. The smallest absolute Gasteiger partial charge is 0.406 e. The first-order chi connectivity index (χ1) is 21.7. The van der Waals surface area contributed by atoms with Crippen LogP contribution in [0, 0.1) is 0 Å². The molecule has 0 bridgehead atoms. The molecule has 0 heterocycles. The van der Waals surface area contributed by atoms with Gasteiger partial charge in [0.25, 0.3) is 0 Å². The van der Waals surface area contributed by atoms with Gasteiger partial charge in [0, 0.05) is 20.3 Å². The molecule has 0 aliphatic heterocycles. The fourth-order valence-electron chi connectivity index (χ4n) is 5.90. The van der Waals surface area contributed by atoms with Crippen molar-refractivity contribution in [1.82, 2.24) is 5.32 Å². The minimum Gasteiger partial charge on any atom is -0.447 e. The molecule has 0 aromatic carbocycles. The quantitative estimate of drug-likeness (QED) is 0.0698. The van der Waals surface area contributed by atoms with Crippen LogP contribution in [0.2, 0.25) is 0 Å². The SMILES string of the molecule is CCCCCCCCCCCCCCCCCCOC(COCCCCCCCCCCCCCCCC)COC(=O)NC. The van der Waals surface area contributed by atoms with Crippen LogP contribution in [0.25, 0.3) is 0 Å². The average Bonchev–Trinajstić information content (AvgIpc) is 3.04. The summed E-state index contributed by atoms with van der Waals surface area (Å²) in [5.74, 6) is 0. The second-order valence-corrected chi connectivity index (χ2v) is 13.3. The minimum absolute atomic E-state index is 0.185. The normalized spacial score (nSPS) is 12.1. The molecule has 1 N–H and O–H groups in total. The number of unbranched alkanes of at least 4 members (excludes halogenated alkanes) is 28. The Bertz CT molecular complexity index is 544. The Kier molecular flexibility index (Phi) is 37.7. The van der Waals surface area contributed by atoms with Gasteiger partial charge in [-0.1, -0.05) is 194 Å². The van der Waals surface area contributed by atoms with E-state index in [0.717, 1.165) is 19.4 Å². The lowest BCUT2D eigenvalue weighted by atomic mass is 10.0. The van der Waals surface area contributed by atoms with Crippen molar-refractivity contribution in [3.05, 3.63) is 0 Å². The zero-order valence-corrected chi connectivity index (χ0v) is 30.3. The summed E-state index contributed by atoms with van der Waals surface area (Å²) in [7, 11) is 1.58. The second-order valence-electron chi connectivity index (χ2n) is 13.3. The third-order valence-electron chi connectivity index (χ3n) is 8.90. The number of carbonyl (C=O) groups is 1. The van der Waals surface area contributed by atoms with Gasteiger partial charge in [-0.3, -0.25) is 0 Å². The molecule has 0 aliphatic rings. The zero-order chi connectivity index (χ0) is 32.0. The Balaban J connectivity index is 3.62. The Hall–Kier alpha value is -0.810. The molecule has 1 amide bonds. The van der Waals surface area contributed by atoms with Crippen LogP contribution in [0.3, 0.4) is 0 Å². The van der Waals surface area contributed by atoms with Gasteiger partial charge in [-0.25, -0.2) is 4.79 Å². The first-order valence-electron chi connectivity index (χ1n) is 19.8. The van der Waals surface area contributed by atoms with E-state index in [2.05, 4.69) is 19.2 Å². The lowest BCUT2D eigenvalue weighted by Gasteiger charge is -2.18. The summed E-state index contributed by atoms with van der Waals surface area (Å²) >= 11 is 0. The molecule has 0 saturated carbocycles. The van der Waals surface area contributed by atoms with Gasteiger partial charge in [0.05, 0.1) is 6.61 Å². The van der Waals surface area contributed by atoms with Crippen molar-refractivity contribution in [3.8, 4) is 0 Å². The molecule has 0 spiro atoms. The molecule has 5 nitrogen and oxygen atoms in total. The summed E-state index contributed by atoms with van der Waals surface area (Å²) in [5, 5.41) is 2.51. The molecule has 0 aliphatic carbocycles. The fraction of sp³-hybridized carbons (Fsp3) is 0.974. The summed E-state index contributed by atoms with van der Waals surface area (Å²) in [4.78, 5) is 11.5. The summed E-state index contributed by atoms with van der Waals surface area (Å²) in [6, 6.07) is 0. The summed E-state index contributed by atoms with van der Waals surface area (Å²) in [6.45, 7) is 6.79. The minimum atomic E-state index is -0.409. The number of carbonyl (C=O) groups excluding carboxylic acids is 1. The van der Waals surface area contributed by atoms with E-state index in [9.17, 15) is 4.79 Å². The van der Waals surface area contributed by atoms with E-state index in [1.165, 1.54) is 180 Å². The highest BCUT2D eigenvalue weighted by Crippen LogP contribution is 2.15. The van der Waals surface area contributed by atoms with Crippen molar-refractivity contribution in [3.63, 3.8) is 0 Å². The van der Waals surface area contributed by atoms with E-state index >= 15 is 0 Å². The van der Waals surface area contributed by atoms with Crippen molar-refractivity contribution in [1.29, 1.82) is 0 Å². The van der Waals surface area contributed by atoms with Crippen LogP contribution in [0.4, 0.5) is 4.79 Å². The standard InChI is InChI=1S/C39H79NO4/c1-4-6-8-10-12-14-16-18-20-21-23-25-27-29-31-33-35-43-38(37-44-39(41)40-3)36-42-34-32-30-28-26-24-22-19-17-15-13-11-9-7-5-2/h38H,4-37H2,1-3H3,(H,40,41). The lowest BCUT2D eigenvalue weighted by molar-refractivity contribution is -0.0466. The average molecular weight is 626 g/mol. The van der Waals surface area contributed by atoms with E-state index in [1.807, 2.05) is 0 Å². The van der Waals surface area contributed by atoms with Crippen LogP contribution in [0.1, 0.15) is 206 Å². The number of ether oxygens (including phenoxy) is 3. The molecular weight excluding hydrogens is 546 g/mol. The van der Waals surface area contributed by atoms with Gasteiger partial charge in [-0.15, -0.1) is 0 Å². The number of hydrogen-bond acceptors (Lipinski definition) is 4. The summed E-state index contributed by atoms with van der Waals surface area (Å²) in [5.41, 5.74) is 0. The Labute approximate surface area is 276 Å². The number of rotatable bonds is 37. The number of nitrogens with one attached hydrogen (secondary N) is 1. The first-order valence-corrected chi connectivity index (χ1v) is 19.8. The molecule has 0 rings (SSSR count). The van der Waals surface area contributed by atoms with Crippen molar-refractivity contribution < 1.29 is 19.0 Å². The van der Waals surface area contributed by atoms with E-state index in [-0.39, 0.29) is 12.7 Å². The molecule has 0 radical (unpaired) electrons. The molecule has 0 aromatic rings. The van der Waals surface area contributed by atoms with Gasteiger partial charge < -0.3 is 19.5 Å². The Morgan fingerprint density at radius 1 is 0.455 bits per heavy atom. The van der Waals surface area contributed by atoms with E-state index in [4.69, 9.17) is 14.2 Å². The van der Waals surface area contributed by atoms with Gasteiger partial charge in [0.15, 0.2) is 0 Å². The maximum absolute atomic E-state index is 11.5. The maximum Gasteiger partial charge on any atom is 0.406 e. The predicted molar refractivity (Wildman–Crippen MR) is 191 cm³/mol. The van der Waals surface area contributed by atoms with Crippen LogP contribution < -0.4 is 5.32 Å². The molecule has 44 heavy (non-hydrogen) atoms. The first kappa shape index (κ1) is 43.2. The van der Waals surface area contributed by atoms with Crippen LogP contribution in [-0.4, -0.2) is 45.7 Å². The topological polar surface area (TPSA) is 56.8 Å². The van der Waals surface area contributed by atoms with Gasteiger partial charge in [-0.05, 0) is 12.8 Å². The number of hydrogen-bond donors (Lipinski definition) is 1. The number of amides is 1. The van der Waals surface area contributed by atoms with Gasteiger partial charge in [0.1, 0.15) is 12.7 Å². The number of alkyl carbamates (subject to hydrolysis) is 1. The summed E-state index contributed by atoms with van der Waals surface area (Å²) < 4.78 is 17.2. The molecular formula is C39H79NO4. The maximum atomic E-state index is 11.5.